The summed E-state index contributed by atoms with van der Waals surface area (Å²) in [6, 6.07) is 10.5. The predicted octanol–water partition coefficient (Wildman–Crippen LogP) is 3.57. The maximum absolute atomic E-state index is 12.0. The molecule has 1 fully saturated rings. The Morgan fingerprint density at radius 1 is 1.28 bits per heavy atom. The summed E-state index contributed by atoms with van der Waals surface area (Å²) < 4.78 is 0. The van der Waals surface area contributed by atoms with Crippen LogP contribution < -0.4 is 0 Å². The number of carbonyl (C=O) groups excluding carboxylic acids is 1. The lowest BCUT2D eigenvalue weighted by molar-refractivity contribution is -0.130. The fourth-order valence-corrected chi connectivity index (χ4v) is 2.91. The zero-order chi connectivity index (χ0) is 12.8. The van der Waals surface area contributed by atoms with Crippen LogP contribution in [-0.4, -0.2) is 29.2 Å². The van der Waals surface area contributed by atoms with Gasteiger partial charge in [-0.25, -0.2) is 0 Å². The van der Waals surface area contributed by atoms with Crippen LogP contribution in [0.1, 0.15) is 37.2 Å². The number of nitrogens with zero attached hydrogens (tertiary/aromatic N) is 1. The molecule has 1 aliphatic heterocycles. The fourth-order valence-electron chi connectivity index (χ4n) is 2.51. The van der Waals surface area contributed by atoms with Crippen molar-refractivity contribution >= 4 is 21.8 Å². The van der Waals surface area contributed by atoms with E-state index in [0.29, 0.717) is 18.2 Å². The second-order valence-corrected chi connectivity index (χ2v) is 5.68. The Morgan fingerprint density at radius 3 is 2.78 bits per heavy atom. The van der Waals surface area contributed by atoms with E-state index in [2.05, 4.69) is 40.2 Å². The summed E-state index contributed by atoms with van der Waals surface area (Å²) in [6.45, 7) is 1.82. The number of hydrogen-bond acceptors (Lipinski definition) is 1. The Kier molecular flexibility index (Phi) is 5.24. The minimum Gasteiger partial charge on any atom is -0.342 e. The second kappa shape index (κ2) is 6.93. The van der Waals surface area contributed by atoms with Crippen LogP contribution in [0.25, 0.3) is 0 Å². The number of hydrogen-bond donors (Lipinski definition) is 0. The van der Waals surface area contributed by atoms with Gasteiger partial charge in [-0.2, -0.15) is 0 Å². The molecule has 0 bridgehead atoms. The van der Waals surface area contributed by atoms with E-state index >= 15 is 0 Å². The molecule has 2 rings (SSSR count). The normalized spacial score (nSPS) is 19.2. The van der Waals surface area contributed by atoms with Gasteiger partial charge in [-0.15, -0.1) is 0 Å². The number of unbranched alkanes of at least 4 members (excludes halogenated alkanes) is 1. The monoisotopic (exact) mass is 309 g/mol. The van der Waals surface area contributed by atoms with Gasteiger partial charge >= 0.3 is 0 Å². The third-order valence-corrected chi connectivity index (χ3v) is 4.15. The van der Waals surface area contributed by atoms with Gasteiger partial charge in [0.2, 0.25) is 5.91 Å². The summed E-state index contributed by atoms with van der Waals surface area (Å²) >= 11 is 3.40. The SMILES string of the molecule is O=C(CCCCBr)N1CCC(c2ccccc2)C1. The molecular formula is C15H20BrNO. The third-order valence-electron chi connectivity index (χ3n) is 3.59. The highest BCUT2D eigenvalue weighted by atomic mass is 79.9. The van der Waals surface area contributed by atoms with Crippen LogP contribution in [0.3, 0.4) is 0 Å². The molecule has 1 saturated heterocycles. The van der Waals surface area contributed by atoms with E-state index in [-0.39, 0.29) is 0 Å². The van der Waals surface area contributed by atoms with Crippen LogP contribution in [0.15, 0.2) is 30.3 Å². The van der Waals surface area contributed by atoms with E-state index in [1.54, 1.807) is 0 Å². The van der Waals surface area contributed by atoms with E-state index in [1.807, 2.05) is 11.0 Å². The lowest BCUT2D eigenvalue weighted by Crippen LogP contribution is -2.28. The minimum absolute atomic E-state index is 0.328. The maximum Gasteiger partial charge on any atom is 0.222 e. The lowest BCUT2D eigenvalue weighted by atomic mass is 9.99. The number of likely N-dealkylation sites (tertiary alicyclic amines) is 1. The van der Waals surface area contributed by atoms with Gasteiger partial charge in [0.05, 0.1) is 0 Å². The largest absolute Gasteiger partial charge is 0.342 e. The molecule has 1 amide bonds. The molecule has 1 aromatic carbocycles. The summed E-state index contributed by atoms with van der Waals surface area (Å²) in [5, 5.41) is 0.993. The van der Waals surface area contributed by atoms with Crippen molar-refractivity contribution in [2.45, 2.75) is 31.6 Å². The van der Waals surface area contributed by atoms with Gasteiger partial charge < -0.3 is 4.90 Å². The van der Waals surface area contributed by atoms with Crippen molar-refractivity contribution in [1.29, 1.82) is 0 Å². The van der Waals surface area contributed by atoms with Gasteiger partial charge in [-0.1, -0.05) is 46.3 Å². The molecule has 1 aliphatic rings. The molecule has 18 heavy (non-hydrogen) atoms. The highest BCUT2D eigenvalue weighted by Crippen LogP contribution is 2.27. The summed E-state index contributed by atoms with van der Waals surface area (Å²) in [4.78, 5) is 14.0. The average molecular weight is 310 g/mol. The molecule has 3 heteroatoms. The molecule has 2 nitrogen and oxygen atoms in total. The van der Waals surface area contributed by atoms with Crippen LogP contribution in [0.2, 0.25) is 0 Å². The van der Waals surface area contributed by atoms with E-state index in [0.717, 1.165) is 37.7 Å². The lowest BCUT2D eigenvalue weighted by Gasteiger charge is -2.16. The summed E-state index contributed by atoms with van der Waals surface area (Å²) in [5.74, 6) is 0.862. The standard InChI is InChI=1S/C15H20BrNO/c16-10-5-4-8-15(18)17-11-9-14(12-17)13-6-2-1-3-7-13/h1-3,6-7,14H,4-5,8-12H2. The first-order valence-electron chi connectivity index (χ1n) is 6.70. The first-order chi connectivity index (χ1) is 8.81. The Morgan fingerprint density at radius 2 is 2.06 bits per heavy atom. The third kappa shape index (κ3) is 3.58. The molecule has 0 radical (unpaired) electrons. The second-order valence-electron chi connectivity index (χ2n) is 4.88. The number of carbonyl (C=O) groups is 1. The van der Waals surface area contributed by atoms with Crippen molar-refractivity contribution in [1.82, 2.24) is 4.90 Å². The van der Waals surface area contributed by atoms with Crippen LogP contribution in [0.4, 0.5) is 0 Å². The first kappa shape index (κ1) is 13.6. The van der Waals surface area contributed by atoms with E-state index in [1.165, 1.54) is 5.56 Å². The van der Waals surface area contributed by atoms with E-state index in [9.17, 15) is 4.79 Å². The zero-order valence-corrected chi connectivity index (χ0v) is 12.2. The Labute approximate surface area is 117 Å². The molecular weight excluding hydrogens is 290 g/mol. The Hall–Kier alpha value is -0.830. The molecule has 0 aromatic heterocycles. The number of rotatable bonds is 5. The smallest absolute Gasteiger partial charge is 0.222 e. The molecule has 1 heterocycles. The van der Waals surface area contributed by atoms with Gasteiger partial charge in [-0.05, 0) is 24.8 Å². The van der Waals surface area contributed by atoms with Crippen LogP contribution in [-0.2, 0) is 4.79 Å². The van der Waals surface area contributed by atoms with Crippen LogP contribution in [0.5, 0.6) is 0 Å². The predicted molar refractivity (Wildman–Crippen MR) is 78.0 cm³/mol. The number of alkyl halides is 1. The van der Waals surface area contributed by atoms with E-state index < -0.39 is 0 Å². The fraction of sp³-hybridized carbons (Fsp3) is 0.533. The molecule has 98 valence electrons. The van der Waals surface area contributed by atoms with Crippen molar-refractivity contribution in [2.75, 3.05) is 18.4 Å². The highest BCUT2D eigenvalue weighted by Gasteiger charge is 2.26. The number of amides is 1. The van der Waals surface area contributed by atoms with Crippen molar-refractivity contribution in [3.63, 3.8) is 0 Å². The number of benzene rings is 1. The molecule has 1 unspecified atom stereocenters. The minimum atomic E-state index is 0.328. The Bertz CT molecular complexity index is 379. The number of halogens is 1. The molecule has 0 aliphatic carbocycles. The van der Waals surface area contributed by atoms with Gasteiger partial charge in [0.25, 0.3) is 0 Å². The molecule has 0 spiro atoms. The first-order valence-corrected chi connectivity index (χ1v) is 7.82. The maximum atomic E-state index is 12.0. The summed E-state index contributed by atoms with van der Waals surface area (Å²) in [6.07, 6.45) is 3.89. The van der Waals surface area contributed by atoms with Gasteiger partial charge in [0.15, 0.2) is 0 Å². The van der Waals surface area contributed by atoms with Crippen LogP contribution >= 0.6 is 15.9 Å². The van der Waals surface area contributed by atoms with Gasteiger partial charge in [0.1, 0.15) is 0 Å². The quantitative estimate of drug-likeness (QED) is 0.601. The molecule has 1 aromatic rings. The molecule has 1 atom stereocenters. The molecule has 0 saturated carbocycles. The van der Waals surface area contributed by atoms with Crippen molar-refractivity contribution in [3.05, 3.63) is 35.9 Å². The van der Waals surface area contributed by atoms with Crippen molar-refractivity contribution in [3.8, 4) is 0 Å². The van der Waals surface area contributed by atoms with Gasteiger partial charge in [-0.3, -0.25) is 4.79 Å². The van der Waals surface area contributed by atoms with Crippen molar-refractivity contribution < 1.29 is 4.79 Å². The zero-order valence-electron chi connectivity index (χ0n) is 10.6. The summed E-state index contributed by atoms with van der Waals surface area (Å²) in [5.41, 5.74) is 1.37. The Balaban J connectivity index is 1.83. The topological polar surface area (TPSA) is 20.3 Å². The summed E-state index contributed by atoms with van der Waals surface area (Å²) in [7, 11) is 0. The molecule has 0 N–H and O–H groups in total. The van der Waals surface area contributed by atoms with E-state index in [4.69, 9.17) is 0 Å². The van der Waals surface area contributed by atoms with Crippen LogP contribution in [0, 0.1) is 0 Å². The van der Waals surface area contributed by atoms with Crippen molar-refractivity contribution in [2.24, 2.45) is 0 Å². The highest BCUT2D eigenvalue weighted by molar-refractivity contribution is 9.09. The van der Waals surface area contributed by atoms with Gasteiger partial charge in [0, 0.05) is 30.8 Å². The average Bonchev–Trinajstić information content (AvgIpc) is 2.89.